The van der Waals surface area contributed by atoms with E-state index >= 15 is 0 Å². The predicted molar refractivity (Wildman–Crippen MR) is 258 cm³/mol. The first-order valence-electron chi connectivity index (χ1n) is 24.2. The fourth-order valence-corrected chi connectivity index (χ4v) is 8.94. The monoisotopic (exact) mass is 1000 g/mol. The number of phosphoric ester groups is 2. The first kappa shape index (κ1) is 60.8. The highest BCUT2D eigenvalue weighted by atomic mass is 31.3. The number of hydrogen-bond donors (Lipinski definition) is 6. The molecule has 0 amide bonds. The SMILES string of the molecule is CCCCC/C=C\C/C=C\CC(O)/C=C\C=C\CCCC(=O)OC[C@H](COP(=O)(O)OP(=O)(O)OC[C@H]1O[C@@H](n2ccc(N)nc2=O)[C@H](O)[C@@H]1O)OC(=O)CCCCCCCCCCC(C)CC. The van der Waals surface area contributed by atoms with Crippen molar-refractivity contribution in [1.29, 1.82) is 0 Å². The van der Waals surface area contributed by atoms with Gasteiger partial charge in [0.15, 0.2) is 12.3 Å². The molecule has 1 aliphatic heterocycles. The van der Waals surface area contributed by atoms with E-state index in [4.69, 9.17) is 29.0 Å². The molecule has 2 rings (SSSR count). The standard InChI is InChI=1S/C47H79N3O16P2/c1-4-6-7-8-9-10-14-18-23-28-38(51)29-24-19-16-21-25-30-42(52)61-34-39(64-43(53)31-26-20-15-12-11-13-17-22-27-37(3)5-2)35-62-67(57,58)66-68(59,60)63-36-40-44(54)45(55)46(65-40)50-33-32-41(48)49-47(50)56/h9-10,16,18-19,23-24,29,32-33,37-40,44-46,51,54-55H,4-8,11-15,17,20-22,25-28,30-31,34-36H2,1-3H3,(H,57,58)(H,59,60)(H2,48,49,56)/b10-9-,19-16+,23-18-,29-24-/t37?,38?,39-,40-,44-,45-,46-/m1/s1. The van der Waals surface area contributed by atoms with Gasteiger partial charge in [-0.3, -0.25) is 23.2 Å². The molecule has 0 bridgehead atoms. The average molecular weight is 1000 g/mol. The number of nitrogens with two attached hydrogens (primary N) is 1. The molecule has 0 saturated carbocycles. The van der Waals surface area contributed by atoms with Crippen LogP contribution in [-0.2, 0) is 46.3 Å². The van der Waals surface area contributed by atoms with E-state index in [9.17, 15) is 48.6 Å². The van der Waals surface area contributed by atoms with E-state index in [1.54, 1.807) is 18.2 Å². The molecule has 21 heteroatoms. The third-order valence-electron chi connectivity index (χ3n) is 11.0. The fraction of sp³-hybridized carbons (Fsp3) is 0.702. The summed E-state index contributed by atoms with van der Waals surface area (Å²) in [5.74, 6) is -0.686. The van der Waals surface area contributed by atoms with Crippen LogP contribution in [0.5, 0.6) is 0 Å². The molecule has 4 unspecified atom stereocenters. The number of esters is 2. The first-order chi connectivity index (χ1) is 32.5. The van der Waals surface area contributed by atoms with E-state index in [2.05, 4.69) is 42.2 Å². The first-order valence-corrected chi connectivity index (χ1v) is 27.1. The lowest BCUT2D eigenvalue weighted by atomic mass is 9.99. The third kappa shape index (κ3) is 27.8. The lowest BCUT2D eigenvalue weighted by Gasteiger charge is -2.21. The Labute approximate surface area is 402 Å². The maximum Gasteiger partial charge on any atom is 0.481 e. The van der Waals surface area contributed by atoms with Crippen molar-refractivity contribution in [3.63, 3.8) is 0 Å². The van der Waals surface area contributed by atoms with Crippen LogP contribution in [-0.4, -0.2) is 96.9 Å². The molecule has 7 N–H and O–H groups in total. The summed E-state index contributed by atoms with van der Waals surface area (Å²) >= 11 is 0. The number of aliphatic hydroxyl groups is 3. The van der Waals surface area contributed by atoms with Gasteiger partial charge in [0.1, 0.15) is 30.7 Å². The number of ether oxygens (including phenoxy) is 3. The van der Waals surface area contributed by atoms with Crippen molar-refractivity contribution in [3.05, 3.63) is 71.4 Å². The van der Waals surface area contributed by atoms with Gasteiger partial charge in [-0.05, 0) is 56.9 Å². The Morgan fingerprint density at radius 3 is 2.21 bits per heavy atom. The Kier molecular flexibility index (Phi) is 31.2. The molecule has 1 saturated heterocycles. The molecule has 0 spiro atoms. The van der Waals surface area contributed by atoms with Crippen LogP contribution in [0, 0.1) is 5.92 Å². The van der Waals surface area contributed by atoms with E-state index in [-0.39, 0.29) is 18.7 Å². The van der Waals surface area contributed by atoms with Crippen LogP contribution in [0.4, 0.5) is 5.82 Å². The van der Waals surface area contributed by atoms with Crippen LogP contribution in [0.2, 0.25) is 0 Å². The van der Waals surface area contributed by atoms with E-state index < -0.39 is 89.8 Å². The maximum absolute atomic E-state index is 12.8. The lowest BCUT2D eigenvalue weighted by molar-refractivity contribution is -0.161. The van der Waals surface area contributed by atoms with Crippen LogP contribution in [0.3, 0.4) is 0 Å². The number of carbonyl (C=O) groups is 2. The molecule has 1 fully saturated rings. The van der Waals surface area contributed by atoms with Crippen LogP contribution in [0.25, 0.3) is 0 Å². The van der Waals surface area contributed by atoms with Gasteiger partial charge in [0.05, 0.1) is 19.3 Å². The molecule has 1 aromatic rings. The quantitative estimate of drug-likeness (QED) is 0.0120. The summed E-state index contributed by atoms with van der Waals surface area (Å²) in [5.41, 5.74) is 4.57. The van der Waals surface area contributed by atoms with Gasteiger partial charge < -0.3 is 45.1 Å². The highest BCUT2D eigenvalue weighted by Crippen LogP contribution is 2.60. The highest BCUT2D eigenvalue weighted by molar-refractivity contribution is 7.61. The second kappa shape index (κ2) is 34.9. The Bertz CT molecular complexity index is 1860. The van der Waals surface area contributed by atoms with E-state index in [0.29, 0.717) is 25.7 Å². The summed E-state index contributed by atoms with van der Waals surface area (Å²) in [6.45, 7) is 4.24. The largest absolute Gasteiger partial charge is 0.481 e. The number of nitrogens with zero attached hydrogens (tertiary/aromatic N) is 2. The van der Waals surface area contributed by atoms with Gasteiger partial charge in [-0.2, -0.15) is 9.29 Å². The number of hydrogen-bond acceptors (Lipinski definition) is 16. The molecular formula is C47H79N3O16P2. The normalized spacial score (nSPS) is 20.8. The van der Waals surface area contributed by atoms with Gasteiger partial charge in [0, 0.05) is 19.0 Å². The minimum atomic E-state index is -5.45. The minimum Gasteiger partial charge on any atom is -0.462 e. The Balaban J connectivity index is 1.87. The number of rotatable bonds is 38. The van der Waals surface area contributed by atoms with Crippen molar-refractivity contribution in [3.8, 4) is 0 Å². The predicted octanol–water partition coefficient (Wildman–Crippen LogP) is 8.21. The smallest absolute Gasteiger partial charge is 0.462 e. The number of allylic oxidation sites excluding steroid dienone is 6. The number of unbranched alkanes of at least 4 members (excludes halogenated alkanes) is 11. The number of aliphatic hydroxyl groups excluding tert-OH is 3. The molecule has 0 radical (unpaired) electrons. The Morgan fingerprint density at radius 1 is 0.838 bits per heavy atom. The number of phosphoric acid groups is 2. The summed E-state index contributed by atoms with van der Waals surface area (Å²) in [4.78, 5) is 61.7. The zero-order valence-electron chi connectivity index (χ0n) is 40.2. The molecule has 1 aliphatic rings. The molecule has 19 nitrogen and oxygen atoms in total. The molecule has 0 aliphatic carbocycles. The summed E-state index contributed by atoms with van der Waals surface area (Å²) in [5, 5.41) is 31.0. The molecule has 388 valence electrons. The van der Waals surface area contributed by atoms with Gasteiger partial charge in [0.25, 0.3) is 0 Å². The van der Waals surface area contributed by atoms with Crippen molar-refractivity contribution in [2.24, 2.45) is 5.92 Å². The van der Waals surface area contributed by atoms with Crippen LogP contribution >= 0.6 is 15.6 Å². The number of aromatic nitrogens is 2. The number of anilines is 1. The van der Waals surface area contributed by atoms with Crippen molar-refractivity contribution >= 4 is 33.4 Å². The zero-order valence-corrected chi connectivity index (χ0v) is 42.0. The summed E-state index contributed by atoms with van der Waals surface area (Å²) < 4.78 is 56.5. The lowest BCUT2D eigenvalue weighted by Crippen LogP contribution is -2.36. The van der Waals surface area contributed by atoms with Gasteiger partial charge in [0.2, 0.25) is 0 Å². The molecule has 1 aromatic heterocycles. The summed E-state index contributed by atoms with van der Waals surface area (Å²) in [7, 11) is -10.9. The molecule has 0 aromatic carbocycles. The van der Waals surface area contributed by atoms with E-state index in [0.717, 1.165) is 55.2 Å². The highest BCUT2D eigenvalue weighted by Gasteiger charge is 2.46. The van der Waals surface area contributed by atoms with Gasteiger partial charge in [-0.15, -0.1) is 0 Å². The van der Waals surface area contributed by atoms with Crippen molar-refractivity contribution in [2.75, 3.05) is 25.6 Å². The molecule has 9 atom stereocenters. The second-order valence-corrected chi connectivity index (χ2v) is 20.1. The summed E-state index contributed by atoms with van der Waals surface area (Å²) in [6, 6.07) is 1.24. The maximum atomic E-state index is 12.8. The molecule has 2 heterocycles. The van der Waals surface area contributed by atoms with Gasteiger partial charge in [-0.25, -0.2) is 13.9 Å². The number of carbonyl (C=O) groups excluding carboxylic acids is 2. The number of nitrogen functional groups attached to an aromatic ring is 1. The second-order valence-electron chi connectivity index (χ2n) is 17.1. The van der Waals surface area contributed by atoms with E-state index in [1.807, 2.05) is 18.2 Å². The summed E-state index contributed by atoms with van der Waals surface area (Å²) in [6.07, 6.45) is 25.3. The Hall–Kier alpha value is -3.32. The minimum absolute atomic E-state index is 0.00860. The van der Waals surface area contributed by atoms with Crippen LogP contribution in [0.1, 0.15) is 155 Å². The topological polar surface area (TPSA) is 286 Å². The molecular weight excluding hydrogens is 924 g/mol. The van der Waals surface area contributed by atoms with Crippen LogP contribution < -0.4 is 11.4 Å². The molecule has 68 heavy (non-hydrogen) atoms. The van der Waals surface area contributed by atoms with E-state index in [1.165, 1.54) is 57.4 Å². The van der Waals surface area contributed by atoms with Crippen molar-refractivity contribution in [2.45, 2.75) is 186 Å². The van der Waals surface area contributed by atoms with Gasteiger partial charge in [-0.1, -0.05) is 140 Å². The Morgan fingerprint density at radius 2 is 1.50 bits per heavy atom. The van der Waals surface area contributed by atoms with Crippen molar-refractivity contribution in [1.82, 2.24) is 9.55 Å². The van der Waals surface area contributed by atoms with Crippen molar-refractivity contribution < 1.29 is 71.4 Å². The van der Waals surface area contributed by atoms with Crippen LogP contribution in [0.15, 0.2) is 65.7 Å². The van der Waals surface area contributed by atoms with Gasteiger partial charge >= 0.3 is 33.3 Å². The average Bonchev–Trinajstić information content (AvgIpc) is 3.57. The third-order valence-corrected chi connectivity index (χ3v) is 13.6. The fourth-order valence-electron chi connectivity index (χ4n) is 6.83. The zero-order chi connectivity index (χ0) is 50.2.